The SMILES string of the molecule is O=C(/C=C/c1ccco1)NC1CCC(Oc2ccc(Cl)cn2)CC1. The van der Waals surface area contributed by atoms with Gasteiger partial charge < -0.3 is 14.5 Å². The predicted molar refractivity (Wildman–Crippen MR) is 91.8 cm³/mol. The molecule has 1 amide bonds. The molecular weight excluding hydrogens is 328 g/mol. The number of carbonyl (C=O) groups excluding carboxylic acids is 1. The molecule has 0 radical (unpaired) electrons. The Balaban J connectivity index is 1.41. The van der Waals surface area contributed by atoms with Crippen LogP contribution in [0.4, 0.5) is 0 Å². The first kappa shape index (κ1) is 16.6. The third kappa shape index (κ3) is 4.86. The average molecular weight is 347 g/mol. The van der Waals surface area contributed by atoms with E-state index in [9.17, 15) is 4.79 Å². The minimum Gasteiger partial charge on any atom is -0.474 e. The van der Waals surface area contributed by atoms with Gasteiger partial charge >= 0.3 is 0 Å². The quantitative estimate of drug-likeness (QED) is 0.835. The fraction of sp³-hybridized carbons (Fsp3) is 0.333. The first-order chi connectivity index (χ1) is 11.7. The Bertz CT molecular complexity index is 675. The number of amides is 1. The van der Waals surface area contributed by atoms with Gasteiger partial charge in [0.2, 0.25) is 11.8 Å². The van der Waals surface area contributed by atoms with Crippen LogP contribution < -0.4 is 10.1 Å². The number of aromatic nitrogens is 1. The van der Waals surface area contributed by atoms with Crippen LogP contribution in [0.3, 0.4) is 0 Å². The van der Waals surface area contributed by atoms with E-state index in [0.29, 0.717) is 16.7 Å². The van der Waals surface area contributed by atoms with Crippen molar-refractivity contribution in [1.29, 1.82) is 0 Å². The average Bonchev–Trinajstić information content (AvgIpc) is 3.10. The van der Waals surface area contributed by atoms with Crippen molar-refractivity contribution in [3.63, 3.8) is 0 Å². The highest BCUT2D eigenvalue weighted by atomic mass is 35.5. The van der Waals surface area contributed by atoms with Crippen molar-refractivity contribution < 1.29 is 13.9 Å². The van der Waals surface area contributed by atoms with Gasteiger partial charge in [-0.3, -0.25) is 4.79 Å². The van der Waals surface area contributed by atoms with Crippen molar-refractivity contribution in [2.45, 2.75) is 37.8 Å². The van der Waals surface area contributed by atoms with E-state index in [4.69, 9.17) is 20.8 Å². The molecule has 0 unspecified atom stereocenters. The smallest absolute Gasteiger partial charge is 0.244 e. The second-order valence-corrected chi connectivity index (χ2v) is 6.20. The normalized spacial score (nSPS) is 20.9. The minimum absolute atomic E-state index is 0.102. The number of furan rings is 1. The van der Waals surface area contributed by atoms with Crippen molar-refractivity contribution in [3.8, 4) is 5.88 Å². The number of hydrogen-bond acceptors (Lipinski definition) is 4. The van der Waals surface area contributed by atoms with Crippen LogP contribution in [0.15, 0.2) is 47.2 Å². The van der Waals surface area contributed by atoms with Gasteiger partial charge in [0.05, 0.1) is 11.3 Å². The first-order valence-corrected chi connectivity index (χ1v) is 8.37. The Hall–Kier alpha value is -2.27. The Morgan fingerprint density at radius 2 is 2.12 bits per heavy atom. The molecule has 6 heteroatoms. The number of carbonyl (C=O) groups is 1. The summed E-state index contributed by atoms with van der Waals surface area (Å²) in [7, 11) is 0. The Labute approximate surface area is 145 Å². The highest BCUT2D eigenvalue weighted by molar-refractivity contribution is 6.30. The number of hydrogen-bond donors (Lipinski definition) is 1. The predicted octanol–water partition coefficient (Wildman–Crippen LogP) is 3.85. The van der Waals surface area contributed by atoms with Crippen molar-refractivity contribution in [3.05, 3.63) is 53.6 Å². The van der Waals surface area contributed by atoms with Crippen LogP contribution >= 0.6 is 11.6 Å². The van der Waals surface area contributed by atoms with E-state index in [1.165, 1.54) is 6.08 Å². The number of nitrogens with one attached hydrogen (secondary N) is 1. The number of nitrogens with zero attached hydrogens (tertiary/aromatic N) is 1. The van der Waals surface area contributed by atoms with Crippen LogP contribution in [0, 0.1) is 0 Å². The van der Waals surface area contributed by atoms with Crippen LogP contribution in [0.1, 0.15) is 31.4 Å². The van der Waals surface area contributed by atoms with Gasteiger partial charge in [-0.15, -0.1) is 0 Å². The molecule has 0 bridgehead atoms. The standard InChI is InChI=1S/C18H19ClN2O3/c19-13-3-10-18(20-12-13)24-16-6-4-14(5-7-16)21-17(22)9-8-15-2-1-11-23-15/h1-3,8-12,14,16H,4-7H2,(H,21,22)/b9-8+. The number of ether oxygens (including phenoxy) is 1. The highest BCUT2D eigenvalue weighted by Crippen LogP contribution is 2.23. The van der Waals surface area contributed by atoms with Gasteiger partial charge in [0.1, 0.15) is 11.9 Å². The van der Waals surface area contributed by atoms with E-state index >= 15 is 0 Å². The molecule has 126 valence electrons. The molecule has 2 aromatic rings. The number of rotatable bonds is 5. The highest BCUT2D eigenvalue weighted by Gasteiger charge is 2.23. The number of halogens is 1. The summed E-state index contributed by atoms with van der Waals surface area (Å²) in [6.07, 6.45) is 9.99. The van der Waals surface area contributed by atoms with Crippen molar-refractivity contribution in [2.24, 2.45) is 0 Å². The van der Waals surface area contributed by atoms with Crippen LogP contribution in [-0.2, 0) is 4.79 Å². The fourth-order valence-corrected chi connectivity index (χ4v) is 2.83. The molecule has 0 saturated heterocycles. The van der Waals surface area contributed by atoms with Gasteiger partial charge in [-0.2, -0.15) is 0 Å². The van der Waals surface area contributed by atoms with Crippen molar-refractivity contribution in [2.75, 3.05) is 0 Å². The summed E-state index contributed by atoms with van der Waals surface area (Å²) in [5.41, 5.74) is 0. The Morgan fingerprint density at radius 3 is 2.79 bits per heavy atom. The molecule has 1 saturated carbocycles. The van der Waals surface area contributed by atoms with Gasteiger partial charge in [0, 0.05) is 24.4 Å². The first-order valence-electron chi connectivity index (χ1n) is 7.99. The van der Waals surface area contributed by atoms with Gasteiger partial charge in [0.15, 0.2) is 0 Å². The zero-order valence-electron chi connectivity index (χ0n) is 13.2. The third-order valence-electron chi connectivity index (χ3n) is 3.95. The summed E-state index contributed by atoms with van der Waals surface area (Å²) < 4.78 is 11.0. The van der Waals surface area contributed by atoms with Crippen LogP contribution in [0.5, 0.6) is 5.88 Å². The molecule has 2 heterocycles. The minimum atomic E-state index is -0.102. The molecule has 1 fully saturated rings. The Morgan fingerprint density at radius 1 is 1.29 bits per heavy atom. The zero-order chi connectivity index (χ0) is 16.8. The van der Waals surface area contributed by atoms with E-state index in [1.54, 1.807) is 42.8 Å². The summed E-state index contributed by atoms with van der Waals surface area (Å²) >= 11 is 5.81. The molecule has 3 rings (SSSR count). The van der Waals surface area contributed by atoms with E-state index in [2.05, 4.69) is 10.3 Å². The molecule has 5 nitrogen and oxygen atoms in total. The molecular formula is C18H19ClN2O3. The maximum Gasteiger partial charge on any atom is 0.244 e. The Kier molecular flexibility index (Phi) is 5.54. The van der Waals surface area contributed by atoms with E-state index < -0.39 is 0 Å². The fourth-order valence-electron chi connectivity index (χ4n) is 2.72. The molecule has 0 spiro atoms. The van der Waals surface area contributed by atoms with Gasteiger partial charge in [-0.25, -0.2) is 4.98 Å². The van der Waals surface area contributed by atoms with Crippen LogP contribution in [-0.4, -0.2) is 23.0 Å². The van der Waals surface area contributed by atoms with E-state index in [0.717, 1.165) is 25.7 Å². The molecule has 0 atom stereocenters. The molecule has 24 heavy (non-hydrogen) atoms. The molecule has 1 aliphatic carbocycles. The maximum atomic E-state index is 11.9. The second-order valence-electron chi connectivity index (χ2n) is 5.76. The summed E-state index contributed by atoms with van der Waals surface area (Å²) in [6, 6.07) is 7.30. The lowest BCUT2D eigenvalue weighted by molar-refractivity contribution is -0.117. The van der Waals surface area contributed by atoms with Gasteiger partial charge in [-0.1, -0.05) is 11.6 Å². The van der Waals surface area contributed by atoms with Crippen molar-refractivity contribution >= 4 is 23.6 Å². The van der Waals surface area contributed by atoms with Crippen LogP contribution in [0.2, 0.25) is 5.02 Å². The van der Waals surface area contributed by atoms with Crippen molar-refractivity contribution in [1.82, 2.24) is 10.3 Å². The second kappa shape index (κ2) is 8.02. The molecule has 0 aromatic carbocycles. The third-order valence-corrected chi connectivity index (χ3v) is 4.17. The topological polar surface area (TPSA) is 64.4 Å². The summed E-state index contributed by atoms with van der Waals surface area (Å²) in [6.45, 7) is 0. The molecule has 2 aromatic heterocycles. The molecule has 1 aliphatic rings. The summed E-state index contributed by atoms with van der Waals surface area (Å²) in [5, 5.41) is 3.61. The van der Waals surface area contributed by atoms with E-state index in [-0.39, 0.29) is 18.1 Å². The molecule has 0 aliphatic heterocycles. The molecule has 1 N–H and O–H groups in total. The summed E-state index contributed by atoms with van der Waals surface area (Å²) in [5.74, 6) is 1.15. The monoisotopic (exact) mass is 346 g/mol. The van der Waals surface area contributed by atoms with Gasteiger partial charge in [-0.05, 0) is 50.0 Å². The summed E-state index contributed by atoms with van der Waals surface area (Å²) in [4.78, 5) is 16.1. The van der Waals surface area contributed by atoms with E-state index in [1.807, 2.05) is 0 Å². The zero-order valence-corrected chi connectivity index (χ0v) is 13.9. The largest absolute Gasteiger partial charge is 0.474 e. The lowest BCUT2D eigenvalue weighted by Crippen LogP contribution is -2.39. The maximum absolute atomic E-state index is 11.9. The number of pyridine rings is 1. The van der Waals surface area contributed by atoms with Crippen LogP contribution in [0.25, 0.3) is 6.08 Å². The van der Waals surface area contributed by atoms with Gasteiger partial charge in [0.25, 0.3) is 0 Å². The lowest BCUT2D eigenvalue weighted by atomic mass is 9.93. The lowest BCUT2D eigenvalue weighted by Gasteiger charge is -2.28.